The Kier molecular flexibility index (Phi) is 17.6. The van der Waals surface area contributed by atoms with Gasteiger partial charge < -0.3 is 9.80 Å². The van der Waals surface area contributed by atoms with Crippen LogP contribution in [0.1, 0.15) is 185 Å². The molecule has 7 aromatic rings. The van der Waals surface area contributed by atoms with Gasteiger partial charge in [-0.3, -0.25) is 9.59 Å². The van der Waals surface area contributed by atoms with Crippen LogP contribution < -0.4 is 0 Å². The fourth-order valence-electron chi connectivity index (χ4n) is 12.2. The third-order valence-electron chi connectivity index (χ3n) is 15.8. The average molecular weight is 1080 g/mol. The summed E-state index contributed by atoms with van der Waals surface area (Å²) in [6, 6.07) is 36.4. The molecule has 0 saturated heterocycles. The Hall–Kier alpha value is -4.60. The van der Waals surface area contributed by atoms with E-state index in [0.717, 1.165) is 82.5 Å². The molecule has 75 heavy (non-hydrogen) atoms. The maximum atomic E-state index is 15.3. The second-order valence-corrected chi connectivity index (χ2v) is 28.1. The van der Waals surface area contributed by atoms with E-state index in [1.165, 1.54) is 103 Å². The van der Waals surface area contributed by atoms with Crippen LogP contribution in [0.4, 0.5) is 0 Å². The number of hydrogen-bond acceptors (Lipinski definition) is 6. The standard InChI is InChI=1S/C67H82N2O2S4/c1-11-15-18-20-22-37-68-61(53-35-33-51(72-53)48-31-29-47(30-32-48)46-27-25-45(26-28-46)39-44(14-4)24-17-13-3)59-60(65(68)71)62(69(64(59)70)38-23-21-19-16-12-2)54-36-34-52(73-54)57-42-49-40-56-50(41-55(49)74-57)43-58(75-56)63(66(5,6)7)67(8,9)10/h25-36,40-44,63H,11-24,37-39H2,1-10H3. The summed E-state index contributed by atoms with van der Waals surface area (Å²) in [6.45, 7) is 24.5. The quantitative estimate of drug-likeness (QED) is 0.0566. The Morgan fingerprint density at radius 1 is 0.453 bits per heavy atom. The van der Waals surface area contributed by atoms with Crippen molar-refractivity contribution >= 4 is 88.7 Å². The number of benzene rings is 3. The van der Waals surface area contributed by atoms with Gasteiger partial charge in [0.15, 0.2) is 0 Å². The summed E-state index contributed by atoms with van der Waals surface area (Å²) in [5.74, 6) is 1.14. The summed E-state index contributed by atoms with van der Waals surface area (Å²) < 4.78 is 2.63. The molecule has 1 atom stereocenters. The van der Waals surface area contributed by atoms with Gasteiger partial charge in [0.1, 0.15) is 0 Å². The zero-order valence-electron chi connectivity index (χ0n) is 46.8. The van der Waals surface area contributed by atoms with Gasteiger partial charge in [0.2, 0.25) is 0 Å². The van der Waals surface area contributed by atoms with Crippen molar-refractivity contribution in [3.05, 3.63) is 128 Å². The third-order valence-corrected chi connectivity index (χ3v) is 20.5. The first-order chi connectivity index (χ1) is 36.1. The van der Waals surface area contributed by atoms with Gasteiger partial charge in [-0.05, 0) is 118 Å². The SMILES string of the molecule is CCCCCCCN1C(=O)C2=C(c3ccc(-c4cc5cc6sc(C(C(C)(C)C)C(C)(C)C)cc6cc5s4)s3)N(CCCCCCC)C(=O)C2=C1c1ccc(-c2ccc(-c3ccc(CC(CC)CCCC)cc3)cc2)s1. The van der Waals surface area contributed by atoms with Crippen LogP contribution in [0.15, 0.2) is 108 Å². The molecule has 0 radical (unpaired) electrons. The van der Waals surface area contributed by atoms with Crippen LogP contribution >= 0.6 is 45.3 Å². The van der Waals surface area contributed by atoms with Crippen molar-refractivity contribution in [3.63, 3.8) is 0 Å². The lowest BCUT2D eigenvalue weighted by molar-refractivity contribution is -0.124. The predicted octanol–water partition coefficient (Wildman–Crippen LogP) is 20.9. The molecule has 0 N–H and O–H groups in total. The molecule has 2 amide bonds. The molecule has 3 aromatic carbocycles. The van der Waals surface area contributed by atoms with E-state index in [1.807, 2.05) is 32.5 Å². The van der Waals surface area contributed by atoms with Crippen molar-refractivity contribution in [2.24, 2.45) is 16.7 Å². The fourth-order valence-corrected chi connectivity index (χ4v) is 17.2. The number of rotatable bonds is 24. The van der Waals surface area contributed by atoms with Gasteiger partial charge in [-0.2, -0.15) is 0 Å². The van der Waals surface area contributed by atoms with Crippen molar-refractivity contribution in [3.8, 4) is 31.3 Å². The molecule has 2 aliphatic rings. The summed E-state index contributed by atoms with van der Waals surface area (Å²) >= 11 is 7.22. The lowest BCUT2D eigenvalue weighted by atomic mass is 9.66. The second kappa shape index (κ2) is 24.0. The van der Waals surface area contributed by atoms with Crippen LogP contribution in [0.3, 0.4) is 0 Å². The maximum Gasteiger partial charge on any atom is 0.261 e. The first-order valence-electron chi connectivity index (χ1n) is 28.6. The molecule has 0 fully saturated rings. The number of amides is 2. The number of carbonyl (C=O) groups excluding carboxylic acids is 2. The molecule has 4 aromatic heterocycles. The molecule has 396 valence electrons. The highest BCUT2D eigenvalue weighted by Gasteiger charge is 2.49. The summed E-state index contributed by atoms with van der Waals surface area (Å²) in [7, 11) is 0. The van der Waals surface area contributed by atoms with E-state index < -0.39 is 0 Å². The third kappa shape index (κ3) is 12.1. The van der Waals surface area contributed by atoms with E-state index in [0.29, 0.717) is 30.2 Å². The average Bonchev–Trinajstić information content (AvgIpc) is 4.28. The van der Waals surface area contributed by atoms with E-state index in [-0.39, 0.29) is 22.6 Å². The van der Waals surface area contributed by atoms with E-state index >= 15 is 9.59 Å². The lowest BCUT2D eigenvalue weighted by Crippen LogP contribution is -2.30. The molecule has 0 bridgehead atoms. The van der Waals surface area contributed by atoms with E-state index in [4.69, 9.17) is 0 Å². The first-order valence-corrected chi connectivity index (χ1v) is 31.9. The number of thiophene rings is 4. The van der Waals surface area contributed by atoms with Crippen LogP contribution in [-0.2, 0) is 16.0 Å². The summed E-state index contributed by atoms with van der Waals surface area (Å²) in [6.07, 6.45) is 17.2. The second-order valence-electron chi connectivity index (χ2n) is 23.8. The van der Waals surface area contributed by atoms with E-state index in [1.54, 1.807) is 22.7 Å². The molecule has 0 spiro atoms. The van der Waals surface area contributed by atoms with Gasteiger partial charge in [0.25, 0.3) is 11.8 Å². The van der Waals surface area contributed by atoms with Gasteiger partial charge in [-0.1, -0.05) is 195 Å². The number of unbranched alkanes of at least 4 members (excludes halogenated alkanes) is 9. The molecule has 2 aliphatic heterocycles. The van der Waals surface area contributed by atoms with E-state index in [9.17, 15) is 0 Å². The van der Waals surface area contributed by atoms with Crippen LogP contribution in [0, 0.1) is 16.7 Å². The monoisotopic (exact) mass is 1070 g/mol. The largest absolute Gasteiger partial charge is 0.306 e. The highest BCUT2D eigenvalue weighted by atomic mass is 32.1. The summed E-state index contributed by atoms with van der Waals surface area (Å²) in [4.78, 5) is 41.5. The lowest BCUT2D eigenvalue weighted by Gasteiger charge is -2.40. The smallest absolute Gasteiger partial charge is 0.261 e. The first kappa shape index (κ1) is 55.2. The minimum absolute atomic E-state index is 0.0276. The van der Waals surface area contributed by atoms with Gasteiger partial charge in [-0.15, -0.1) is 45.3 Å². The van der Waals surface area contributed by atoms with Gasteiger partial charge in [0, 0.05) is 47.9 Å². The van der Waals surface area contributed by atoms with Gasteiger partial charge >= 0.3 is 0 Å². The molecule has 0 aliphatic carbocycles. The van der Waals surface area contributed by atoms with Crippen LogP contribution in [0.5, 0.6) is 0 Å². The number of hydrogen-bond donors (Lipinski definition) is 0. The van der Waals surface area contributed by atoms with Crippen molar-refractivity contribution in [2.45, 2.75) is 171 Å². The zero-order valence-corrected chi connectivity index (χ0v) is 50.0. The number of fused-ring (bicyclic) bond motifs is 3. The molecule has 9 rings (SSSR count). The van der Waals surface area contributed by atoms with Gasteiger partial charge in [-0.25, -0.2) is 0 Å². The topological polar surface area (TPSA) is 40.6 Å². The molecule has 4 nitrogen and oxygen atoms in total. The van der Waals surface area contributed by atoms with Crippen molar-refractivity contribution in [2.75, 3.05) is 13.1 Å². The van der Waals surface area contributed by atoms with Gasteiger partial charge in [0.05, 0.1) is 32.3 Å². The molecule has 1 unspecified atom stereocenters. The minimum Gasteiger partial charge on any atom is -0.306 e. The molecular formula is C67H82N2O2S4. The molecule has 8 heteroatoms. The van der Waals surface area contributed by atoms with Crippen molar-refractivity contribution in [1.82, 2.24) is 9.80 Å². The minimum atomic E-state index is -0.0276. The Morgan fingerprint density at radius 3 is 1.45 bits per heavy atom. The van der Waals surface area contributed by atoms with Crippen molar-refractivity contribution in [1.29, 1.82) is 0 Å². The Labute approximate surface area is 466 Å². The van der Waals surface area contributed by atoms with Crippen molar-refractivity contribution < 1.29 is 9.59 Å². The van der Waals surface area contributed by atoms with E-state index in [2.05, 4.69) is 166 Å². The summed E-state index contributed by atoms with van der Waals surface area (Å²) in [5, 5.41) is 2.59. The predicted molar refractivity (Wildman–Crippen MR) is 329 cm³/mol. The Morgan fingerprint density at radius 2 is 0.920 bits per heavy atom. The Balaban J connectivity index is 1.04. The van der Waals surface area contributed by atoms with Crippen LogP contribution in [0.25, 0.3) is 62.9 Å². The number of nitrogens with zero attached hydrogens (tertiary/aromatic N) is 2. The molecule has 0 saturated carbocycles. The highest BCUT2D eigenvalue weighted by Crippen LogP contribution is 2.53. The van der Waals surface area contributed by atoms with Crippen LogP contribution in [-0.4, -0.2) is 34.7 Å². The molecular weight excluding hydrogens is 993 g/mol. The Bertz CT molecular complexity index is 3090. The maximum absolute atomic E-state index is 15.3. The fraction of sp³-hybridized carbons (Fsp3) is 0.463. The van der Waals surface area contributed by atoms with Crippen LogP contribution in [0.2, 0.25) is 0 Å². The summed E-state index contributed by atoms with van der Waals surface area (Å²) in [5.41, 5.74) is 8.11. The highest BCUT2D eigenvalue weighted by molar-refractivity contribution is 7.26. The molecule has 6 heterocycles. The number of carbonyl (C=O) groups is 2. The normalized spacial score (nSPS) is 14.9. The zero-order chi connectivity index (χ0) is 53.0.